The standard InChI is InChI=1S/C16H18ClN3O5S/c1-9-13(15(21)25-7-6-24-3)14(18-16(26)19(9)2)10-4-5-11(17)12(8-10)20(22)23/h4-5,8,14H,6-7H2,1-3H3,(H,18,26)/t14-/m1/s1. The number of hydrogen-bond acceptors (Lipinski definition) is 6. The van der Waals surface area contributed by atoms with Crippen LogP contribution in [0.2, 0.25) is 5.02 Å². The quantitative estimate of drug-likeness (QED) is 0.256. The average molecular weight is 400 g/mol. The van der Waals surface area contributed by atoms with E-state index >= 15 is 0 Å². The van der Waals surface area contributed by atoms with E-state index < -0.39 is 16.9 Å². The second kappa shape index (κ2) is 8.43. The molecule has 0 fully saturated rings. The molecule has 1 aliphatic rings. The number of nitro benzene ring substituents is 1. The lowest BCUT2D eigenvalue weighted by molar-refractivity contribution is -0.384. The Hall–Kier alpha value is -2.23. The molecule has 0 saturated heterocycles. The number of nitro groups is 1. The number of halogens is 1. The molecule has 0 unspecified atom stereocenters. The number of hydrogen-bond donors (Lipinski definition) is 1. The minimum Gasteiger partial charge on any atom is -0.460 e. The summed E-state index contributed by atoms with van der Waals surface area (Å²) in [6.07, 6.45) is 0. The topological polar surface area (TPSA) is 93.9 Å². The lowest BCUT2D eigenvalue weighted by Gasteiger charge is -2.35. The average Bonchev–Trinajstić information content (AvgIpc) is 2.59. The van der Waals surface area contributed by atoms with Gasteiger partial charge in [-0.15, -0.1) is 0 Å². The summed E-state index contributed by atoms with van der Waals surface area (Å²) in [7, 11) is 3.22. The third-order valence-electron chi connectivity index (χ3n) is 3.99. The number of esters is 1. The molecule has 8 nitrogen and oxygen atoms in total. The maximum atomic E-state index is 12.6. The minimum absolute atomic E-state index is 0.0131. The Morgan fingerprint density at radius 3 is 2.77 bits per heavy atom. The van der Waals surface area contributed by atoms with Gasteiger partial charge >= 0.3 is 5.97 Å². The predicted octanol–water partition coefficient (Wildman–Crippen LogP) is 2.57. The van der Waals surface area contributed by atoms with Gasteiger partial charge in [-0.25, -0.2) is 4.79 Å². The highest BCUT2D eigenvalue weighted by molar-refractivity contribution is 7.80. The zero-order valence-corrected chi connectivity index (χ0v) is 16.0. The van der Waals surface area contributed by atoms with Crippen molar-refractivity contribution in [1.82, 2.24) is 10.2 Å². The van der Waals surface area contributed by atoms with Gasteiger partial charge in [0.1, 0.15) is 11.6 Å². The van der Waals surface area contributed by atoms with E-state index in [1.807, 2.05) is 0 Å². The molecule has 1 aromatic carbocycles. The summed E-state index contributed by atoms with van der Waals surface area (Å²) in [6.45, 7) is 2.09. The lowest BCUT2D eigenvalue weighted by atomic mass is 9.95. The Balaban J connectivity index is 2.47. The minimum atomic E-state index is -0.690. The van der Waals surface area contributed by atoms with Crippen molar-refractivity contribution < 1.29 is 19.2 Å². The van der Waals surface area contributed by atoms with Gasteiger partial charge in [0.25, 0.3) is 5.69 Å². The number of benzene rings is 1. The number of carbonyl (C=O) groups excluding carboxylic acids is 1. The maximum Gasteiger partial charge on any atom is 0.338 e. The van der Waals surface area contributed by atoms with Crippen molar-refractivity contribution in [2.75, 3.05) is 27.4 Å². The molecule has 0 saturated carbocycles. The molecule has 1 aromatic rings. The molecule has 26 heavy (non-hydrogen) atoms. The van der Waals surface area contributed by atoms with Gasteiger partial charge in [0.05, 0.1) is 23.1 Å². The van der Waals surface area contributed by atoms with E-state index in [1.165, 1.54) is 19.2 Å². The van der Waals surface area contributed by atoms with Gasteiger partial charge in [-0.2, -0.15) is 0 Å². The normalized spacial score (nSPS) is 17.2. The molecule has 0 aliphatic carbocycles. The van der Waals surface area contributed by atoms with Crippen LogP contribution >= 0.6 is 23.8 Å². The first-order chi connectivity index (χ1) is 12.3. The maximum absolute atomic E-state index is 12.6. The van der Waals surface area contributed by atoms with Gasteiger partial charge in [-0.1, -0.05) is 17.7 Å². The Bertz CT molecular complexity index is 783. The van der Waals surface area contributed by atoms with Crippen molar-refractivity contribution in [1.29, 1.82) is 0 Å². The molecule has 1 aliphatic heterocycles. The van der Waals surface area contributed by atoms with E-state index in [-0.39, 0.29) is 23.9 Å². The summed E-state index contributed by atoms with van der Waals surface area (Å²) >= 11 is 11.2. The number of carbonyl (C=O) groups is 1. The first-order valence-electron chi connectivity index (χ1n) is 7.62. The fourth-order valence-electron chi connectivity index (χ4n) is 2.49. The van der Waals surface area contributed by atoms with Crippen molar-refractivity contribution in [3.05, 3.63) is 50.2 Å². The lowest BCUT2D eigenvalue weighted by Crippen LogP contribution is -2.46. The van der Waals surface area contributed by atoms with Gasteiger partial charge in [0.2, 0.25) is 0 Å². The van der Waals surface area contributed by atoms with E-state index in [0.717, 1.165) is 0 Å². The van der Waals surface area contributed by atoms with Crippen molar-refractivity contribution in [3.63, 3.8) is 0 Å². The Labute approximate surface area is 160 Å². The van der Waals surface area contributed by atoms with Crippen LogP contribution < -0.4 is 5.32 Å². The van der Waals surface area contributed by atoms with E-state index in [2.05, 4.69) is 5.32 Å². The van der Waals surface area contributed by atoms with Gasteiger partial charge in [0, 0.05) is 25.9 Å². The zero-order valence-electron chi connectivity index (χ0n) is 14.4. The summed E-state index contributed by atoms with van der Waals surface area (Å²) in [5, 5.41) is 14.6. The third kappa shape index (κ3) is 4.12. The summed E-state index contributed by atoms with van der Waals surface area (Å²) in [6, 6.07) is 3.66. The number of thiocarbonyl (C=S) groups is 1. The molecule has 2 rings (SSSR count). The highest BCUT2D eigenvalue weighted by Gasteiger charge is 2.34. The van der Waals surface area contributed by atoms with Crippen LogP contribution in [0.25, 0.3) is 0 Å². The summed E-state index contributed by atoms with van der Waals surface area (Å²) < 4.78 is 10.1. The molecule has 10 heteroatoms. The first kappa shape index (κ1) is 20.1. The molecule has 1 atom stereocenters. The van der Waals surface area contributed by atoms with Gasteiger partial charge in [-0.05, 0) is 30.8 Å². The van der Waals surface area contributed by atoms with Crippen LogP contribution in [0.3, 0.4) is 0 Å². The number of rotatable bonds is 6. The second-order valence-corrected chi connectivity index (χ2v) is 6.33. The predicted molar refractivity (Wildman–Crippen MR) is 99.9 cm³/mol. The molecule has 1 N–H and O–H groups in total. The van der Waals surface area contributed by atoms with E-state index in [1.54, 1.807) is 24.9 Å². The molecular weight excluding hydrogens is 382 g/mol. The smallest absolute Gasteiger partial charge is 0.338 e. The molecular formula is C16H18ClN3O5S. The van der Waals surface area contributed by atoms with Crippen LogP contribution in [-0.4, -0.2) is 48.3 Å². The molecule has 0 radical (unpaired) electrons. The number of ether oxygens (including phenoxy) is 2. The molecule has 0 aromatic heterocycles. The second-order valence-electron chi connectivity index (χ2n) is 5.54. The van der Waals surface area contributed by atoms with E-state index in [0.29, 0.717) is 21.9 Å². The Morgan fingerprint density at radius 2 is 2.15 bits per heavy atom. The van der Waals surface area contributed by atoms with Crippen LogP contribution in [0.1, 0.15) is 18.5 Å². The Kier molecular flexibility index (Phi) is 6.52. The number of allylic oxidation sites excluding steroid dienone is 1. The van der Waals surface area contributed by atoms with Crippen LogP contribution in [-0.2, 0) is 14.3 Å². The molecule has 1 heterocycles. The van der Waals surface area contributed by atoms with Crippen molar-refractivity contribution in [2.24, 2.45) is 0 Å². The monoisotopic (exact) mass is 399 g/mol. The van der Waals surface area contributed by atoms with Gasteiger partial charge < -0.3 is 19.7 Å². The van der Waals surface area contributed by atoms with Gasteiger partial charge in [-0.3, -0.25) is 10.1 Å². The van der Waals surface area contributed by atoms with Crippen LogP contribution in [0.5, 0.6) is 0 Å². The first-order valence-corrected chi connectivity index (χ1v) is 8.41. The van der Waals surface area contributed by atoms with Crippen LogP contribution in [0.4, 0.5) is 5.69 Å². The fourth-order valence-corrected chi connectivity index (χ4v) is 2.94. The molecule has 0 bridgehead atoms. The third-order valence-corrected chi connectivity index (χ3v) is 4.71. The van der Waals surface area contributed by atoms with Gasteiger partial charge in [0.15, 0.2) is 5.11 Å². The summed E-state index contributed by atoms with van der Waals surface area (Å²) in [5.74, 6) is -0.552. The molecule has 0 spiro atoms. The zero-order chi connectivity index (χ0) is 19.4. The van der Waals surface area contributed by atoms with E-state index in [9.17, 15) is 14.9 Å². The summed E-state index contributed by atoms with van der Waals surface area (Å²) in [5.41, 5.74) is 1.14. The van der Waals surface area contributed by atoms with Crippen LogP contribution in [0.15, 0.2) is 29.5 Å². The number of nitrogens with one attached hydrogen (secondary N) is 1. The number of methoxy groups -OCH3 is 1. The molecule has 0 amide bonds. The highest BCUT2D eigenvalue weighted by Crippen LogP contribution is 2.34. The van der Waals surface area contributed by atoms with E-state index in [4.69, 9.17) is 33.3 Å². The van der Waals surface area contributed by atoms with Crippen molar-refractivity contribution in [2.45, 2.75) is 13.0 Å². The molecule has 140 valence electrons. The highest BCUT2D eigenvalue weighted by atomic mass is 35.5. The van der Waals surface area contributed by atoms with Crippen LogP contribution in [0, 0.1) is 10.1 Å². The van der Waals surface area contributed by atoms with Crippen molar-refractivity contribution in [3.8, 4) is 0 Å². The van der Waals surface area contributed by atoms with Crippen molar-refractivity contribution >= 4 is 40.6 Å². The Morgan fingerprint density at radius 1 is 1.46 bits per heavy atom. The number of nitrogens with zero attached hydrogens (tertiary/aromatic N) is 2. The fraction of sp³-hybridized carbons (Fsp3) is 0.375. The largest absolute Gasteiger partial charge is 0.460 e. The SMILES string of the molecule is COCCOC(=O)C1=C(C)N(C)C(=S)N[C@@H]1c1ccc(Cl)c([N+](=O)[O-])c1. The summed E-state index contributed by atoms with van der Waals surface area (Å²) in [4.78, 5) is 24.8.